The van der Waals surface area contributed by atoms with Crippen LogP contribution >= 0.6 is 27.7 Å². The molecule has 2 rings (SSSR count). The number of anilines is 1. The minimum Gasteiger partial charge on any atom is -0.325 e. The summed E-state index contributed by atoms with van der Waals surface area (Å²) in [6, 6.07) is 7.59. The summed E-state index contributed by atoms with van der Waals surface area (Å²) in [6.07, 6.45) is 0. The number of benzene rings is 1. The Balaban J connectivity index is 2.08. The summed E-state index contributed by atoms with van der Waals surface area (Å²) in [4.78, 5) is 17.1. The first-order valence-electron chi connectivity index (χ1n) is 8.04. The zero-order valence-corrected chi connectivity index (χ0v) is 17.2. The van der Waals surface area contributed by atoms with E-state index in [4.69, 9.17) is 0 Å². The van der Waals surface area contributed by atoms with Crippen molar-refractivity contribution in [2.45, 2.75) is 51.6 Å². The lowest BCUT2D eigenvalue weighted by Crippen LogP contribution is -2.23. The van der Waals surface area contributed by atoms with E-state index >= 15 is 0 Å². The molecule has 0 unspecified atom stereocenters. The second-order valence-electron chi connectivity index (χ2n) is 6.33. The lowest BCUT2D eigenvalue weighted by molar-refractivity contribution is -0.115. The fourth-order valence-electron chi connectivity index (χ4n) is 2.28. The molecule has 2 aromatic rings. The number of imidazole rings is 1. The number of nitrogens with zero attached hydrogens (tertiary/aromatic N) is 2. The molecular formula is C18H24BrN3OS. The Bertz CT molecular complexity index is 710. The highest BCUT2D eigenvalue weighted by Gasteiger charge is 2.20. The van der Waals surface area contributed by atoms with Crippen LogP contribution in [0.1, 0.15) is 32.2 Å². The maximum absolute atomic E-state index is 12.4. The van der Waals surface area contributed by atoms with E-state index in [-0.39, 0.29) is 11.2 Å². The summed E-state index contributed by atoms with van der Waals surface area (Å²) in [7, 11) is 0. The Kier molecular flexibility index (Phi) is 6.52. The van der Waals surface area contributed by atoms with Gasteiger partial charge in [0, 0.05) is 22.4 Å². The zero-order valence-electron chi connectivity index (χ0n) is 14.8. The Labute approximate surface area is 156 Å². The third kappa shape index (κ3) is 4.86. The van der Waals surface area contributed by atoms with E-state index in [1.54, 1.807) is 0 Å². The summed E-state index contributed by atoms with van der Waals surface area (Å²) in [5.41, 5.74) is 3.00. The van der Waals surface area contributed by atoms with Crippen molar-refractivity contribution in [2.75, 3.05) is 5.32 Å². The smallest absolute Gasteiger partial charge is 0.237 e. The molecule has 0 radical (unpaired) electrons. The van der Waals surface area contributed by atoms with Gasteiger partial charge in [-0.1, -0.05) is 41.5 Å². The van der Waals surface area contributed by atoms with Crippen LogP contribution in [0, 0.1) is 19.8 Å². The largest absolute Gasteiger partial charge is 0.325 e. The quantitative estimate of drug-likeness (QED) is 0.679. The van der Waals surface area contributed by atoms with E-state index in [1.807, 2.05) is 38.1 Å². The first-order valence-corrected chi connectivity index (χ1v) is 9.72. The van der Waals surface area contributed by atoms with Crippen LogP contribution in [0.3, 0.4) is 0 Å². The lowest BCUT2D eigenvalue weighted by Gasteiger charge is -2.15. The van der Waals surface area contributed by atoms with Crippen molar-refractivity contribution in [3.8, 4) is 0 Å². The first-order chi connectivity index (χ1) is 11.3. The van der Waals surface area contributed by atoms with Crippen molar-refractivity contribution in [2.24, 2.45) is 5.92 Å². The van der Waals surface area contributed by atoms with E-state index in [1.165, 1.54) is 17.5 Å². The van der Waals surface area contributed by atoms with E-state index < -0.39 is 0 Å². The number of amides is 1. The Morgan fingerprint density at radius 1 is 1.25 bits per heavy atom. The number of halogens is 1. The fraction of sp³-hybridized carbons (Fsp3) is 0.444. The Hall–Kier alpha value is -1.27. The second-order valence-corrected chi connectivity index (χ2v) is 8.55. The molecule has 1 atom stereocenters. The molecule has 0 saturated heterocycles. The van der Waals surface area contributed by atoms with Gasteiger partial charge in [-0.15, -0.1) is 0 Å². The molecule has 1 heterocycles. The Morgan fingerprint density at radius 3 is 2.46 bits per heavy atom. The van der Waals surface area contributed by atoms with Crippen LogP contribution in [-0.4, -0.2) is 20.7 Å². The SMILES string of the molecule is Cc1nc(S[C@H](C)C(=O)Nc2ccc(Br)cc2)n(CC(C)C)c1C. The van der Waals surface area contributed by atoms with E-state index in [0.717, 1.165) is 27.6 Å². The van der Waals surface area contributed by atoms with Gasteiger partial charge in [-0.05, 0) is 51.0 Å². The summed E-state index contributed by atoms with van der Waals surface area (Å²) in [5, 5.41) is 3.65. The predicted molar refractivity (Wildman–Crippen MR) is 105 cm³/mol. The average Bonchev–Trinajstić information content (AvgIpc) is 2.76. The van der Waals surface area contributed by atoms with Crippen molar-refractivity contribution < 1.29 is 4.79 Å². The normalized spacial score (nSPS) is 12.5. The lowest BCUT2D eigenvalue weighted by atomic mass is 10.2. The summed E-state index contributed by atoms with van der Waals surface area (Å²) in [6.45, 7) is 11.3. The van der Waals surface area contributed by atoms with E-state index in [9.17, 15) is 4.79 Å². The number of nitrogens with one attached hydrogen (secondary N) is 1. The molecule has 130 valence electrons. The molecule has 0 bridgehead atoms. The van der Waals surface area contributed by atoms with Gasteiger partial charge in [0.15, 0.2) is 5.16 Å². The summed E-state index contributed by atoms with van der Waals surface area (Å²) >= 11 is 4.90. The van der Waals surface area contributed by atoms with Gasteiger partial charge in [-0.3, -0.25) is 4.79 Å². The Morgan fingerprint density at radius 2 is 1.88 bits per heavy atom. The van der Waals surface area contributed by atoms with Gasteiger partial charge in [-0.2, -0.15) is 0 Å². The van der Waals surface area contributed by atoms with Crippen LogP contribution in [0.2, 0.25) is 0 Å². The third-order valence-corrected chi connectivity index (χ3v) is 5.35. The van der Waals surface area contributed by atoms with Gasteiger partial charge < -0.3 is 9.88 Å². The van der Waals surface area contributed by atoms with Gasteiger partial charge in [0.25, 0.3) is 0 Å². The molecule has 1 amide bonds. The molecule has 0 aliphatic rings. The molecule has 0 aliphatic heterocycles. The van der Waals surface area contributed by atoms with Gasteiger partial charge in [0.1, 0.15) is 0 Å². The number of carbonyl (C=O) groups excluding carboxylic acids is 1. The van der Waals surface area contributed by atoms with Crippen LogP contribution in [-0.2, 0) is 11.3 Å². The monoisotopic (exact) mass is 409 g/mol. The molecule has 0 aliphatic carbocycles. The minimum absolute atomic E-state index is 0.0169. The molecule has 0 saturated carbocycles. The van der Waals surface area contributed by atoms with Gasteiger partial charge in [0.2, 0.25) is 5.91 Å². The van der Waals surface area contributed by atoms with Gasteiger partial charge in [-0.25, -0.2) is 4.98 Å². The molecule has 1 aromatic carbocycles. The molecule has 1 N–H and O–H groups in total. The fourth-order valence-corrected chi connectivity index (χ4v) is 3.56. The van der Waals surface area contributed by atoms with Gasteiger partial charge >= 0.3 is 0 Å². The van der Waals surface area contributed by atoms with Crippen LogP contribution in [0.15, 0.2) is 33.9 Å². The molecule has 24 heavy (non-hydrogen) atoms. The maximum atomic E-state index is 12.4. The summed E-state index contributed by atoms with van der Waals surface area (Å²) < 4.78 is 3.21. The number of aryl methyl sites for hydroxylation is 1. The molecule has 0 fully saturated rings. The van der Waals surface area contributed by atoms with Crippen LogP contribution in [0.5, 0.6) is 0 Å². The van der Waals surface area contributed by atoms with Crippen molar-refractivity contribution in [3.63, 3.8) is 0 Å². The van der Waals surface area contributed by atoms with Crippen LogP contribution in [0.25, 0.3) is 0 Å². The van der Waals surface area contributed by atoms with Crippen molar-refractivity contribution in [3.05, 3.63) is 40.1 Å². The zero-order chi connectivity index (χ0) is 17.9. The first kappa shape index (κ1) is 19.1. The highest BCUT2D eigenvalue weighted by Crippen LogP contribution is 2.27. The molecule has 0 spiro atoms. The van der Waals surface area contributed by atoms with Crippen molar-refractivity contribution in [1.29, 1.82) is 0 Å². The predicted octanol–water partition coefficient (Wildman–Crippen LogP) is 5.04. The number of thioether (sulfide) groups is 1. The number of carbonyl (C=O) groups is 1. The number of hydrogen-bond acceptors (Lipinski definition) is 3. The second kappa shape index (κ2) is 8.21. The van der Waals surface area contributed by atoms with E-state index in [2.05, 4.69) is 51.6 Å². The maximum Gasteiger partial charge on any atom is 0.237 e. The standard InChI is InChI=1S/C18H24BrN3OS/c1-11(2)10-22-13(4)12(3)20-18(22)24-14(5)17(23)21-16-8-6-15(19)7-9-16/h6-9,11,14H,10H2,1-5H3,(H,21,23)/t14-/m1/s1. The number of aromatic nitrogens is 2. The van der Waals surface area contributed by atoms with Crippen molar-refractivity contribution >= 4 is 39.3 Å². The van der Waals surface area contributed by atoms with Crippen LogP contribution in [0.4, 0.5) is 5.69 Å². The molecule has 1 aromatic heterocycles. The van der Waals surface area contributed by atoms with E-state index in [0.29, 0.717) is 5.92 Å². The molecular weight excluding hydrogens is 386 g/mol. The number of hydrogen-bond donors (Lipinski definition) is 1. The highest BCUT2D eigenvalue weighted by molar-refractivity contribution is 9.10. The molecule has 4 nitrogen and oxygen atoms in total. The average molecular weight is 410 g/mol. The summed E-state index contributed by atoms with van der Waals surface area (Å²) in [5.74, 6) is 0.514. The molecule has 6 heteroatoms. The topological polar surface area (TPSA) is 46.9 Å². The van der Waals surface area contributed by atoms with Gasteiger partial charge in [0.05, 0.1) is 10.9 Å². The highest BCUT2D eigenvalue weighted by atomic mass is 79.9. The van der Waals surface area contributed by atoms with Crippen molar-refractivity contribution in [1.82, 2.24) is 9.55 Å². The number of rotatable bonds is 6. The minimum atomic E-state index is -0.222. The van der Waals surface area contributed by atoms with Crippen LogP contribution < -0.4 is 5.32 Å². The third-order valence-electron chi connectivity index (χ3n) is 3.73.